The lowest BCUT2D eigenvalue weighted by molar-refractivity contribution is 0.428. The first-order valence-corrected chi connectivity index (χ1v) is 9.10. The van der Waals surface area contributed by atoms with Gasteiger partial charge in [0.2, 0.25) is 0 Å². The van der Waals surface area contributed by atoms with E-state index in [0.717, 1.165) is 12.8 Å². The van der Waals surface area contributed by atoms with E-state index in [1.165, 1.54) is 11.3 Å². The second kappa shape index (κ2) is 5.61. The van der Waals surface area contributed by atoms with E-state index in [-0.39, 0.29) is 18.4 Å². The van der Waals surface area contributed by atoms with E-state index in [2.05, 4.69) is 15.9 Å². The summed E-state index contributed by atoms with van der Waals surface area (Å²) in [7, 11) is -3.34. The molecule has 1 aliphatic heterocycles. The average Bonchev–Trinajstić information content (AvgIpc) is 2.96. The van der Waals surface area contributed by atoms with Gasteiger partial charge in [-0.15, -0.1) is 23.7 Å². The van der Waals surface area contributed by atoms with E-state index in [0.29, 0.717) is 33.6 Å². The van der Waals surface area contributed by atoms with Crippen molar-refractivity contribution in [3.05, 3.63) is 15.9 Å². The first kappa shape index (κ1) is 15.7. The Balaban J connectivity index is 0.00000133. The second-order valence-electron chi connectivity index (χ2n) is 5.04. The zero-order valence-corrected chi connectivity index (χ0v) is 14.2. The van der Waals surface area contributed by atoms with E-state index in [9.17, 15) is 8.42 Å². The molecule has 4 nitrogen and oxygen atoms in total. The Morgan fingerprint density at radius 3 is 2.68 bits per heavy atom. The van der Waals surface area contributed by atoms with Gasteiger partial charge in [-0.25, -0.2) is 8.42 Å². The lowest BCUT2D eigenvalue weighted by atomic mass is 9.98. The van der Waals surface area contributed by atoms with Gasteiger partial charge in [-0.05, 0) is 52.1 Å². The molecule has 0 amide bonds. The van der Waals surface area contributed by atoms with Crippen molar-refractivity contribution >= 4 is 49.7 Å². The Labute approximate surface area is 131 Å². The zero-order valence-electron chi connectivity index (χ0n) is 10.2. The standard InChI is InChI=1S/C11H15BrN2O2S2.ClH/c12-9-3-4-17-11(9)18(15,16)14-5-7-1-2-10(13)8(7)6-14;/h3-4,7-8,10H,1-2,5-6,13H2;1H. The van der Waals surface area contributed by atoms with Gasteiger partial charge in [0, 0.05) is 23.6 Å². The first-order chi connectivity index (χ1) is 8.50. The Morgan fingerprint density at radius 1 is 1.37 bits per heavy atom. The van der Waals surface area contributed by atoms with Crippen molar-refractivity contribution in [1.29, 1.82) is 0 Å². The molecular weight excluding hydrogens is 372 g/mol. The number of halogens is 2. The van der Waals surface area contributed by atoms with Gasteiger partial charge in [0.1, 0.15) is 4.21 Å². The Hall–Kier alpha value is 0.340. The highest BCUT2D eigenvalue weighted by Gasteiger charge is 2.45. The van der Waals surface area contributed by atoms with Crippen molar-refractivity contribution in [1.82, 2.24) is 4.31 Å². The molecule has 3 atom stereocenters. The van der Waals surface area contributed by atoms with Crippen molar-refractivity contribution in [2.75, 3.05) is 13.1 Å². The summed E-state index contributed by atoms with van der Waals surface area (Å²) < 4.78 is 27.7. The number of hydrogen-bond donors (Lipinski definition) is 1. The number of nitrogens with zero attached hydrogens (tertiary/aromatic N) is 1. The predicted molar refractivity (Wildman–Crippen MR) is 82.2 cm³/mol. The molecule has 1 saturated heterocycles. The summed E-state index contributed by atoms with van der Waals surface area (Å²) in [4.78, 5) is 0. The van der Waals surface area contributed by atoms with E-state index in [4.69, 9.17) is 5.73 Å². The van der Waals surface area contributed by atoms with Crippen LogP contribution >= 0.6 is 39.7 Å². The maximum Gasteiger partial charge on any atom is 0.253 e. The van der Waals surface area contributed by atoms with Crippen LogP contribution in [0, 0.1) is 11.8 Å². The molecule has 1 aromatic rings. The topological polar surface area (TPSA) is 63.4 Å². The Bertz CT molecular complexity index is 563. The van der Waals surface area contributed by atoms with Crippen LogP contribution in [-0.2, 0) is 10.0 Å². The summed E-state index contributed by atoms with van der Waals surface area (Å²) in [5, 5.41) is 1.79. The lowest BCUT2D eigenvalue weighted by Crippen LogP contribution is -2.33. The molecule has 0 spiro atoms. The van der Waals surface area contributed by atoms with Gasteiger partial charge in [0.15, 0.2) is 0 Å². The monoisotopic (exact) mass is 386 g/mol. The van der Waals surface area contributed by atoms with Crippen LogP contribution in [0.2, 0.25) is 0 Å². The maximum atomic E-state index is 12.5. The van der Waals surface area contributed by atoms with Crippen LogP contribution in [0.4, 0.5) is 0 Å². The molecule has 0 aromatic carbocycles. The molecular formula is C11H16BrClN2O2S2. The highest BCUT2D eigenvalue weighted by atomic mass is 79.9. The molecule has 2 N–H and O–H groups in total. The van der Waals surface area contributed by atoms with E-state index in [1.54, 1.807) is 15.8 Å². The lowest BCUT2D eigenvalue weighted by Gasteiger charge is -2.17. The van der Waals surface area contributed by atoms with Crippen LogP contribution in [0.15, 0.2) is 20.1 Å². The Kier molecular flexibility index (Phi) is 4.65. The highest BCUT2D eigenvalue weighted by Crippen LogP contribution is 2.40. The zero-order chi connectivity index (χ0) is 12.9. The quantitative estimate of drug-likeness (QED) is 0.847. The van der Waals surface area contributed by atoms with Gasteiger partial charge in [0.25, 0.3) is 10.0 Å². The molecule has 2 heterocycles. The summed E-state index contributed by atoms with van der Waals surface area (Å²) in [6.07, 6.45) is 2.09. The molecule has 19 heavy (non-hydrogen) atoms. The molecule has 2 fully saturated rings. The molecule has 8 heteroatoms. The molecule has 1 aromatic heterocycles. The summed E-state index contributed by atoms with van der Waals surface area (Å²) in [6, 6.07) is 1.95. The van der Waals surface area contributed by atoms with Crippen LogP contribution < -0.4 is 5.73 Å². The minimum absolute atomic E-state index is 0. The number of thiophene rings is 1. The van der Waals surface area contributed by atoms with Crippen molar-refractivity contribution < 1.29 is 8.42 Å². The van der Waals surface area contributed by atoms with Crippen molar-refractivity contribution in [3.8, 4) is 0 Å². The van der Waals surface area contributed by atoms with Gasteiger partial charge < -0.3 is 5.73 Å². The van der Waals surface area contributed by atoms with Crippen LogP contribution in [0.5, 0.6) is 0 Å². The molecule has 1 saturated carbocycles. The summed E-state index contributed by atoms with van der Waals surface area (Å²) >= 11 is 4.57. The number of rotatable bonds is 2. The molecule has 108 valence electrons. The molecule has 0 radical (unpaired) electrons. The largest absolute Gasteiger partial charge is 0.327 e. The third-order valence-electron chi connectivity index (χ3n) is 4.04. The molecule has 1 aliphatic carbocycles. The summed E-state index contributed by atoms with van der Waals surface area (Å²) in [5.74, 6) is 0.798. The smallest absolute Gasteiger partial charge is 0.253 e. The normalized spacial score (nSPS) is 31.2. The van der Waals surface area contributed by atoms with Crippen LogP contribution in [0.1, 0.15) is 12.8 Å². The predicted octanol–water partition coefficient (Wildman–Crippen LogP) is 2.29. The minimum atomic E-state index is -3.34. The average molecular weight is 388 g/mol. The second-order valence-corrected chi connectivity index (χ2v) is 8.95. The van der Waals surface area contributed by atoms with Gasteiger partial charge in [0.05, 0.1) is 0 Å². The maximum absolute atomic E-state index is 12.5. The van der Waals surface area contributed by atoms with Gasteiger partial charge in [-0.1, -0.05) is 0 Å². The fourth-order valence-electron chi connectivity index (χ4n) is 3.04. The minimum Gasteiger partial charge on any atom is -0.327 e. The number of sulfonamides is 1. The van der Waals surface area contributed by atoms with Gasteiger partial charge in [-0.3, -0.25) is 0 Å². The summed E-state index contributed by atoms with van der Waals surface area (Å²) in [6.45, 7) is 1.21. The van der Waals surface area contributed by atoms with Crippen LogP contribution in [0.3, 0.4) is 0 Å². The third kappa shape index (κ3) is 2.61. The SMILES string of the molecule is Cl.NC1CCC2CN(S(=O)(=O)c3sccc3Br)CC12. The van der Waals surface area contributed by atoms with Crippen LogP contribution in [-0.4, -0.2) is 31.9 Å². The molecule has 3 rings (SSSR count). The summed E-state index contributed by atoms with van der Waals surface area (Å²) in [5.41, 5.74) is 6.05. The van der Waals surface area contributed by atoms with Crippen LogP contribution in [0.25, 0.3) is 0 Å². The fourth-order valence-corrected chi connectivity index (χ4v) is 7.03. The van der Waals surface area contributed by atoms with Gasteiger partial charge in [-0.2, -0.15) is 4.31 Å². The number of hydrogen-bond acceptors (Lipinski definition) is 4. The number of fused-ring (bicyclic) bond motifs is 1. The van der Waals surface area contributed by atoms with Crippen molar-refractivity contribution in [2.24, 2.45) is 17.6 Å². The Morgan fingerprint density at radius 2 is 2.11 bits per heavy atom. The van der Waals surface area contributed by atoms with Crippen molar-refractivity contribution in [3.63, 3.8) is 0 Å². The number of nitrogens with two attached hydrogens (primary N) is 1. The molecule has 2 aliphatic rings. The van der Waals surface area contributed by atoms with Crippen molar-refractivity contribution in [2.45, 2.75) is 23.1 Å². The first-order valence-electron chi connectivity index (χ1n) is 5.99. The van der Waals surface area contributed by atoms with E-state index < -0.39 is 10.0 Å². The van der Waals surface area contributed by atoms with Gasteiger partial charge >= 0.3 is 0 Å². The highest BCUT2D eigenvalue weighted by molar-refractivity contribution is 9.10. The fraction of sp³-hybridized carbons (Fsp3) is 0.636. The third-order valence-corrected chi connectivity index (χ3v) is 8.52. The van der Waals surface area contributed by atoms with E-state index in [1.807, 2.05) is 0 Å². The molecule has 3 unspecified atom stereocenters. The molecule has 0 bridgehead atoms. The van der Waals surface area contributed by atoms with E-state index >= 15 is 0 Å².